The average molecular weight is 411 g/mol. The van der Waals surface area contributed by atoms with Crippen molar-refractivity contribution in [3.8, 4) is 11.5 Å². The quantitative estimate of drug-likeness (QED) is 0.724. The van der Waals surface area contributed by atoms with Crippen LogP contribution in [0.5, 0.6) is 11.5 Å². The maximum Gasteiger partial charge on any atom is 0.422 e. The summed E-state index contributed by atoms with van der Waals surface area (Å²) in [5.41, 5.74) is 0.797. The maximum absolute atomic E-state index is 12.3. The van der Waals surface area contributed by atoms with Crippen LogP contribution < -0.4 is 20.1 Å². The van der Waals surface area contributed by atoms with Crippen molar-refractivity contribution < 1.29 is 27.4 Å². The summed E-state index contributed by atoms with van der Waals surface area (Å²) < 4.78 is 46.7. The Labute approximate surface area is 163 Å². The van der Waals surface area contributed by atoms with E-state index < -0.39 is 12.8 Å². The zero-order chi connectivity index (χ0) is 19.2. The van der Waals surface area contributed by atoms with E-state index >= 15 is 0 Å². The first-order valence-corrected chi connectivity index (χ1v) is 8.67. The molecule has 1 amide bonds. The molecular formula is C18H26ClF3N2O3. The number of aryl methyl sites for hydroxylation is 1. The van der Waals surface area contributed by atoms with E-state index in [1.165, 1.54) is 13.2 Å². The van der Waals surface area contributed by atoms with Gasteiger partial charge in [-0.2, -0.15) is 13.2 Å². The summed E-state index contributed by atoms with van der Waals surface area (Å²) in [7, 11) is 1.36. The first kappa shape index (κ1) is 23.4. The smallest absolute Gasteiger partial charge is 0.422 e. The molecule has 1 aromatic rings. The van der Waals surface area contributed by atoms with E-state index in [2.05, 4.69) is 17.6 Å². The summed E-state index contributed by atoms with van der Waals surface area (Å²) in [6.45, 7) is 1.64. The van der Waals surface area contributed by atoms with Crippen molar-refractivity contribution in [2.24, 2.45) is 0 Å². The van der Waals surface area contributed by atoms with Gasteiger partial charge in [-0.3, -0.25) is 4.79 Å². The predicted molar refractivity (Wildman–Crippen MR) is 98.7 cm³/mol. The third-order valence-corrected chi connectivity index (χ3v) is 4.37. The molecule has 27 heavy (non-hydrogen) atoms. The van der Waals surface area contributed by atoms with Crippen molar-refractivity contribution in [2.75, 3.05) is 20.3 Å². The Morgan fingerprint density at radius 3 is 2.70 bits per heavy atom. The molecule has 2 rings (SSSR count). The van der Waals surface area contributed by atoms with Gasteiger partial charge in [0.1, 0.15) is 0 Å². The Bertz CT molecular complexity index is 614. The highest BCUT2D eigenvalue weighted by Gasteiger charge is 2.29. The van der Waals surface area contributed by atoms with E-state index in [1.807, 2.05) is 0 Å². The minimum atomic E-state index is -4.41. The number of nitrogens with one attached hydrogen (secondary N) is 2. The number of halogens is 4. The van der Waals surface area contributed by atoms with E-state index in [4.69, 9.17) is 9.47 Å². The van der Waals surface area contributed by atoms with Gasteiger partial charge in [0, 0.05) is 18.5 Å². The van der Waals surface area contributed by atoms with E-state index in [9.17, 15) is 18.0 Å². The number of piperidine rings is 1. The molecule has 9 heteroatoms. The Kier molecular flexibility index (Phi) is 9.18. The second-order valence-electron chi connectivity index (χ2n) is 6.45. The standard InChI is InChI=1S/C18H25F3N2O3.ClH/c1-12-14(4-3-9-22-12)23-17(24)8-6-13-5-7-15(16(10-13)25-2)26-11-18(19,20)21;/h5,7,10,12,14,22H,3-4,6,8-9,11H2,1-2H3,(H,23,24);1H. The molecule has 5 nitrogen and oxygen atoms in total. The van der Waals surface area contributed by atoms with Gasteiger partial charge < -0.3 is 20.1 Å². The molecule has 1 aromatic carbocycles. The molecule has 1 heterocycles. The highest BCUT2D eigenvalue weighted by atomic mass is 35.5. The number of benzene rings is 1. The van der Waals surface area contributed by atoms with Crippen molar-refractivity contribution in [3.63, 3.8) is 0 Å². The third-order valence-electron chi connectivity index (χ3n) is 4.37. The summed E-state index contributed by atoms with van der Waals surface area (Å²) in [6, 6.07) is 5.06. The van der Waals surface area contributed by atoms with Crippen LogP contribution in [0.3, 0.4) is 0 Å². The van der Waals surface area contributed by atoms with Crippen LogP contribution in [0.4, 0.5) is 13.2 Å². The molecule has 1 saturated heterocycles. The van der Waals surface area contributed by atoms with Gasteiger partial charge in [-0.25, -0.2) is 0 Å². The highest BCUT2D eigenvalue weighted by Crippen LogP contribution is 2.30. The molecule has 154 valence electrons. The Morgan fingerprint density at radius 2 is 2.07 bits per heavy atom. The summed E-state index contributed by atoms with van der Waals surface area (Å²) in [5.74, 6) is 0.208. The molecule has 0 aliphatic carbocycles. The lowest BCUT2D eigenvalue weighted by atomic mass is 9.99. The van der Waals surface area contributed by atoms with Crippen molar-refractivity contribution in [1.29, 1.82) is 0 Å². The number of alkyl halides is 3. The van der Waals surface area contributed by atoms with Crippen molar-refractivity contribution in [3.05, 3.63) is 23.8 Å². The van der Waals surface area contributed by atoms with Gasteiger partial charge in [0.15, 0.2) is 18.1 Å². The number of carbonyl (C=O) groups is 1. The topological polar surface area (TPSA) is 59.6 Å². The zero-order valence-corrected chi connectivity index (χ0v) is 16.2. The number of hydrogen-bond donors (Lipinski definition) is 2. The largest absolute Gasteiger partial charge is 0.493 e. The minimum Gasteiger partial charge on any atom is -0.493 e. The van der Waals surface area contributed by atoms with Crippen molar-refractivity contribution >= 4 is 18.3 Å². The lowest BCUT2D eigenvalue weighted by molar-refractivity contribution is -0.153. The Hall–Kier alpha value is -1.67. The number of ether oxygens (including phenoxy) is 2. The van der Waals surface area contributed by atoms with Gasteiger partial charge in [-0.1, -0.05) is 6.07 Å². The maximum atomic E-state index is 12.3. The minimum absolute atomic E-state index is 0. The van der Waals surface area contributed by atoms with Crippen LogP contribution >= 0.6 is 12.4 Å². The molecule has 0 saturated carbocycles. The fourth-order valence-corrected chi connectivity index (χ4v) is 2.92. The zero-order valence-electron chi connectivity index (χ0n) is 15.4. The van der Waals surface area contributed by atoms with Crippen LogP contribution in [0.1, 0.15) is 31.7 Å². The van der Waals surface area contributed by atoms with E-state index in [0.29, 0.717) is 12.8 Å². The van der Waals surface area contributed by atoms with Gasteiger partial charge in [0.05, 0.1) is 7.11 Å². The Balaban J connectivity index is 0.00000364. The fraction of sp³-hybridized carbons (Fsp3) is 0.611. The lowest BCUT2D eigenvalue weighted by Crippen LogP contribution is -2.51. The molecular weight excluding hydrogens is 385 g/mol. The molecule has 1 fully saturated rings. The van der Waals surface area contributed by atoms with Gasteiger partial charge in [-0.05, 0) is 50.4 Å². The molecule has 2 atom stereocenters. The first-order chi connectivity index (χ1) is 12.3. The van der Waals surface area contributed by atoms with Crippen LogP contribution in [-0.2, 0) is 11.2 Å². The van der Waals surface area contributed by atoms with Gasteiger partial charge in [0.25, 0.3) is 0 Å². The highest BCUT2D eigenvalue weighted by molar-refractivity contribution is 5.85. The molecule has 0 spiro atoms. The lowest BCUT2D eigenvalue weighted by Gasteiger charge is -2.30. The van der Waals surface area contributed by atoms with Crippen molar-refractivity contribution in [1.82, 2.24) is 10.6 Å². The molecule has 0 bridgehead atoms. The third kappa shape index (κ3) is 7.84. The Morgan fingerprint density at radius 1 is 1.33 bits per heavy atom. The van der Waals surface area contributed by atoms with Gasteiger partial charge in [0.2, 0.25) is 5.91 Å². The van der Waals surface area contributed by atoms with E-state index in [1.54, 1.807) is 12.1 Å². The number of methoxy groups -OCH3 is 1. The molecule has 2 unspecified atom stereocenters. The second-order valence-corrected chi connectivity index (χ2v) is 6.45. The molecule has 1 aliphatic rings. The van der Waals surface area contributed by atoms with Crippen LogP contribution in [0.15, 0.2) is 18.2 Å². The predicted octanol–water partition coefficient (Wildman–Crippen LogP) is 3.25. The fourth-order valence-electron chi connectivity index (χ4n) is 2.92. The molecule has 2 N–H and O–H groups in total. The van der Waals surface area contributed by atoms with E-state index in [0.717, 1.165) is 24.9 Å². The number of amides is 1. The summed E-state index contributed by atoms with van der Waals surface area (Å²) in [4.78, 5) is 12.1. The van der Waals surface area contributed by atoms with Crippen LogP contribution in [0.25, 0.3) is 0 Å². The molecule has 0 aromatic heterocycles. The first-order valence-electron chi connectivity index (χ1n) is 8.67. The number of hydrogen-bond acceptors (Lipinski definition) is 4. The second kappa shape index (κ2) is 10.6. The summed E-state index contributed by atoms with van der Waals surface area (Å²) in [5, 5.41) is 6.36. The normalized spacial score (nSPS) is 19.7. The monoisotopic (exact) mass is 410 g/mol. The SMILES string of the molecule is COc1cc(CCC(=O)NC2CCCNC2C)ccc1OCC(F)(F)F.Cl. The summed E-state index contributed by atoms with van der Waals surface area (Å²) in [6.07, 6.45) is -1.65. The van der Waals surface area contributed by atoms with Crippen molar-refractivity contribution in [2.45, 2.75) is 50.9 Å². The van der Waals surface area contributed by atoms with Crippen LogP contribution in [-0.4, -0.2) is 44.4 Å². The average Bonchev–Trinajstić information content (AvgIpc) is 2.59. The number of carbonyl (C=O) groups excluding carboxylic acids is 1. The van der Waals surface area contributed by atoms with Crippen LogP contribution in [0, 0.1) is 0 Å². The van der Waals surface area contributed by atoms with Crippen LogP contribution in [0.2, 0.25) is 0 Å². The number of rotatable bonds is 7. The molecule has 0 radical (unpaired) electrons. The summed E-state index contributed by atoms with van der Waals surface area (Å²) >= 11 is 0. The molecule has 1 aliphatic heterocycles. The van der Waals surface area contributed by atoms with E-state index in [-0.39, 0.29) is 41.9 Å². The van der Waals surface area contributed by atoms with Gasteiger partial charge >= 0.3 is 6.18 Å². The van der Waals surface area contributed by atoms with Gasteiger partial charge in [-0.15, -0.1) is 12.4 Å².